The van der Waals surface area contributed by atoms with Gasteiger partial charge in [0.2, 0.25) is 5.91 Å². The molecule has 0 saturated heterocycles. The van der Waals surface area contributed by atoms with Crippen LogP contribution in [0.25, 0.3) is 0 Å². The molecule has 0 aliphatic heterocycles. The van der Waals surface area contributed by atoms with E-state index in [0.29, 0.717) is 17.1 Å². The molecule has 0 fully saturated rings. The summed E-state index contributed by atoms with van der Waals surface area (Å²) in [6.45, 7) is 7.09. The van der Waals surface area contributed by atoms with Crippen molar-refractivity contribution in [1.29, 1.82) is 0 Å². The smallest absolute Gasteiger partial charge is 0.319 e. The minimum atomic E-state index is -0.322. The number of urea groups is 1. The van der Waals surface area contributed by atoms with E-state index in [0.717, 1.165) is 0 Å². The number of amides is 3. The van der Waals surface area contributed by atoms with Crippen molar-refractivity contribution < 1.29 is 14.3 Å². The summed E-state index contributed by atoms with van der Waals surface area (Å²) in [5, 5.41) is 8.14. The van der Waals surface area contributed by atoms with Crippen LogP contribution in [-0.4, -0.2) is 24.6 Å². The third kappa shape index (κ3) is 5.17. The lowest BCUT2D eigenvalue weighted by Crippen LogP contribution is -2.43. The van der Waals surface area contributed by atoms with E-state index >= 15 is 0 Å². The number of carbonyl (C=O) groups is 2. The van der Waals surface area contributed by atoms with Crippen molar-refractivity contribution in [1.82, 2.24) is 5.32 Å². The van der Waals surface area contributed by atoms with Crippen LogP contribution in [0.3, 0.4) is 0 Å². The van der Waals surface area contributed by atoms with Crippen LogP contribution in [0.5, 0.6) is 5.75 Å². The Kier molecular flexibility index (Phi) is 4.96. The number of hydrogen-bond donors (Lipinski definition) is 3. The first-order valence-electron chi connectivity index (χ1n) is 6.26. The third-order valence-corrected chi connectivity index (χ3v) is 2.26. The van der Waals surface area contributed by atoms with Crippen LogP contribution >= 0.6 is 0 Å². The minimum Gasteiger partial charge on any atom is -0.495 e. The van der Waals surface area contributed by atoms with Crippen molar-refractivity contribution in [2.24, 2.45) is 0 Å². The Morgan fingerprint density at radius 3 is 2.30 bits per heavy atom. The predicted octanol–water partition coefficient (Wildman–Crippen LogP) is 2.57. The summed E-state index contributed by atoms with van der Waals surface area (Å²) in [4.78, 5) is 22.9. The van der Waals surface area contributed by atoms with Gasteiger partial charge in [-0.25, -0.2) is 4.79 Å². The van der Waals surface area contributed by atoms with Gasteiger partial charge in [0.05, 0.1) is 12.8 Å². The molecule has 0 aliphatic rings. The van der Waals surface area contributed by atoms with E-state index in [9.17, 15) is 9.59 Å². The molecular formula is C14H21N3O3. The average Bonchev–Trinajstić information content (AvgIpc) is 2.25. The van der Waals surface area contributed by atoms with Crippen LogP contribution in [0.15, 0.2) is 18.2 Å². The van der Waals surface area contributed by atoms with Gasteiger partial charge in [0.1, 0.15) is 5.75 Å². The van der Waals surface area contributed by atoms with Gasteiger partial charge in [-0.1, -0.05) is 0 Å². The van der Waals surface area contributed by atoms with Crippen molar-refractivity contribution in [3.05, 3.63) is 18.2 Å². The molecule has 3 amide bonds. The van der Waals surface area contributed by atoms with E-state index in [1.54, 1.807) is 18.2 Å². The lowest BCUT2D eigenvalue weighted by Gasteiger charge is -2.21. The molecule has 0 saturated carbocycles. The van der Waals surface area contributed by atoms with Gasteiger partial charge in [-0.2, -0.15) is 0 Å². The van der Waals surface area contributed by atoms with Crippen molar-refractivity contribution >= 4 is 23.3 Å². The first-order chi connectivity index (χ1) is 9.21. The average molecular weight is 279 g/mol. The van der Waals surface area contributed by atoms with Crippen LogP contribution in [0.1, 0.15) is 27.7 Å². The van der Waals surface area contributed by atoms with Crippen molar-refractivity contribution in [2.75, 3.05) is 17.7 Å². The lowest BCUT2D eigenvalue weighted by molar-refractivity contribution is -0.114. The number of methoxy groups -OCH3 is 1. The molecule has 20 heavy (non-hydrogen) atoms. The number of anilines is 2. The summed E-state index contributed by atoms with van der Waals surface area (Å²) >= 11 is 0. The Labute approximate surface area is 118 Å². The van der Waals surface area contributed by atoms with Crippen LogP contribution in [0.2, 0.25) is 0 Å². The first kappa shape index (κ1) is 15.8. The van der Waals surface area contributed by atoms with Crippen LogP contribution < -0.4 is 20.7 Å². The minimum absolute atomic E-state index is 0.209. The Balaban J connectivity index is 2.86. The van der Waals surface area contributed by atoms with E-state index in [-0.39, 0.29) is 17.5 Å². The van der Waals surface area contributed by atoms with E-state index in [1.807, 2.05) is 20.8 Å². The van der Waals surface area contributed by atoms with Gasteiger partial charge in [0, 0.05) is 18.2 Å². The summed E-state index contributed by atoms with van der Waals surface area (Å²) in [6.07, 6.45) is 0. The normalized spacial score (nSPS) is 10.7. The van der Waals surface area contributed by atoms with E-state index in [1.165, 1.54) is 14.0 Å². The molecule has 0 radical (unpaired) electrons. The van der Waals surface area contributed by atoms with Crippen LogP contribution in [-0.2, 0) is 4.79 Å². The molecule has 3 N–H and O–H groups in total. The Hall–Kier alpha value is -2.24. The van der Waals surface area contributed by atoms with Gasteiger partial charge in [-0.05, 0) is 39.0 Å². The topological polar surface area (TPSA) is 79.5 Å². The maximum absolute atomic E-state index is 11.8. The number of hydrogen-bond acceptors (Lipinski definition) is 3. The van der Waals surface area contributed by atoms with E-state index < -0.39 is 0 Å². The monoisotopic (exact) mass is 279 g/mol. The molecule has 0 aliphatic carbocycles. The predicted molar refractivity (Wildman–Crippen MR) is 79.2 cm³/mol. The molecule has 0 aromatic heterocycles. The summed E-state index contributed by atoms with van der Waals surface area (Å²) in [6, 6.07) is 4.71. The molecule has 110 valence electrons. The quantitative estimate of drug-likeness (QED) is 0.795. The van der Waals surface area contributed by atoms with Crippen LogP contribution in [0, 0.1) is 0 Å². The molecule has 6 heteroatoms. The zero-order valence-electron chi connectivity index (χ0n) is 12.5. The highest BCUT2D eigenvalue weighted by molar-refractivity contribution is 5.94. The summed E-state index contributed by atoms with van der Waals surface area (Å²) in [5.74, 6) is 0.321. The standard InChI is InChI=1S/C14H21N3O3/c1-9(18)15-11-8-10(6-7-12(11)20-5)16-13(19)17-14(2,3)4/h6-8H,1-5H3,(H,15,18)(H2,16,17,19). The third-order valence-electron chi connectivity index (χ3n) is 2.26. The number of benzene rings is 1. The Morgan fingerprint density at radius 2 is 1.80 bits per heavy atom. The van der Waals surface area contributed by atoms with Gasteiger partial charge >= 0.3 is 6.03 Å². The Morgan fingerprint density at radius 1 is 1.15 bits per heavy atom. The van der Waals surface area contributed by atoms with Gasteiger partial charge in [0.25, 0.3) is 0 Å². The first-order valence-corrected chi connectivity index (χ1v) is 6.26. The molecule has 1 rings (SSSR count). The molecule has 0 unspecified atom stereocenters. The molecule has 0 heterocycles. The van der Waals surface area contributed by atoms with Gasteiger partial charge < -0.3 is 20.7 Å². The molecule has 0 spiro atoms. The Bertz CT molecular complexity index is 507. The number of carbonyl (C=O) groups excluding carboxylic acids is 2. The van der Waals surface area contributed by atoms with Crippen molar-refractivity contribution in [2.45, 2.75) is 33.2 Å². The number of rotatable bonds is 3. The van der Waals surface area contributed by atoms with Crippen molar-refractivity contribution in [3.63, 3.8) is 0 Å². The molecule has 6 nitrogen and oxygen atoms in total. The second kappa shape index (κ2) is 6.27. The summed E-state index contributed by atoms with van der Waals surface area (Å²) < 4.78 is 5.14. The maximum atomic E-state index is 11.8. The number of nitrogens with one attached hydrogen (secondary N) is 3. The highest BCUT2D eigenvalue weighted by Gasteiger charge is 2.14. The number of ether oxygens (including phenoxy) is 1. The SMILES string of the molecule is COc1ccc(NC(=O)NC(C)(C)C)cc1NC(C)=O. The fraction of sp³-hybridized carbons (Fsp3) is 0.429. The van der Waals surface area contributed by atoms with Gasteiger partial charge in [-0.3, -0.25) is 4.79 Å². The maximum Gasteiger partial charge on any atom is 0.319 e. The van der Waals surface area contributed by atoms with E-state index in [4.69, 9.17) is 4.74 Å². The molecule has 0 bridgehead atoms. The largest absolute Gasteiger partial charge is 0.495 e. The summed E-state index contributed by atoms with van der Waals surface area (Å²) in [5.41, 5.74) is 0.752. The zero-order valence-corrected chi connectivity index (χ0v) is 12.5. The van der Waals surface area contributed by atoms with Gasteiger partial charge in [0.15, 0.2) is 0 Å². The summed E-state index contributed by atoms with van der Waals surface area (Å²) in [7, 11) is 1.51. The van der Waals surface area contributed by atoms with Gasteiger partial charge in [-0.15, -0.1) is 0 Å². The highest BCUT2D eigenvalue weighted by Crippen LogP contribution is 2.27. The van der Waals surface area contributed by atoms with Crippen molar-refractivity contribution in [3.8, 4) is 5.75 Å². The highest BCUT2D eigenvalue weighted by atomic mass is 16.5. The fourth-order valence-electron chi connectivity index (χ4n) is 1.58. The molecule has 1 aromatic carbocycles. The van der Waals surface area contributed by atoms with Crippen LogP contribution in [0.4, 0.5) is 16.2 Å². The van der Waals surface area contributed by atoms with E-state index in [2.05, 4.69) is 16.0 Å². The second-order valence-electron chi connectivity index (χ2n) is 5.43. The fourth-order valence-corrected chi connectivity index (χ4v) is 1.58. The molecule has 1 aromatic rings. The zero-order chi connectivity index (χ0) is 15.3. The second-order valence-corrected chi connectivity index (χ2v) is 5.43. The lowest BCUT2D eigenvalue weighted by atomic mass is 10.1. The molecule has 0 atom stereocenters. The molecular weight excluding hydrogens is 258 g/mol.